The summed E-state index contributed by atoms with van der Waals surface area (Å²) in [5.74, 6) is 0.627. The number of thiazole rings is 1. The van der Waals surface area contributed by atoms with E-state index in [1.54, 1.807) is 11.3 Å². The van der Waals surface area contributed by atoms with Gasteiger partial charge in [0.25, 0.3) is 0 Å². The van der Waals surface area contributed by atoms with Gasteiger partial charge in [-0.25, -0.2) is 4.98 Å². The number of nitrogens with zero attached hydrogens (tertiary/aromatic N) is 1. The molecule has 1 aromatic heterocycles. The van der Waals surface area contributed by atoms with Gasteiger partial charge in [0.2, 0.25) is 0 Å². The van der Waals surface area contributed by atoms with Crippen LogP contribution < -0.4 is 5.73 Å². The lowest BCUT2D eigenvalue weighted by atomic mass is 9.97. The van der Waals surface area contributed by atoms with Gasteiger partial charge in [0.15, 0.2) is 0 Å². The van der Waals surface area contributed by atoms with Gasteiger partial charge in [0, 0.05) is 17.4 Å². The Labute approximate surface area is 113 Å². The molecule has 0 aliphatic carbocycles. The van der Waals surface area contributed by atoms with Crippen LogP contribution in [-0.4, -0.2) is 11.5 Å². The molecule has 1 heterocycles. The van der Waals surface area contributed by atoms with Gasteiger partial charge in [-0.15, -0.1) is 11.3 Å². The minimum atomic E-state index is 0.627. The monoisotopic (exact) mass is 260 g/mol. The summed E-state index contributed by atoms with van der Waals surface area (Å²) in [7, 11) is 0. The van der Waals surface area contributed by atoms with Gasteiger partial charge in [-0.05, 0) is 24.4 Å². The molecular formula is C15H20N2S. The second-order valence-corrected chi connectivity index (χ2v) is 5.54. The van der Waals surface area contributed by atoms with Crippen molar-refractivity contribution >= 4 is 11.3 Å². The third-order valence-electron chi connectivity index (χ3n) is 3.30. The molecule has 2 rings (SSSR count). The quantitative estimate of drug-likeness (QED) is 0.887. The maximum absolute atomic E-state index is 5.54. The van der Waals surface area contributed by atoms with Crippen LogP contribution in [0.15, 0.2) is 29.6 Å². The lowest BCUT2D eigenvalue weighted by Crippen LogP contribution is -2.01. The Morgan fingerprint density at radius 1 is 1.28 bits per heavy atom. The molecule has 2 nitrogen and oxygen atoms in total. The minimum Gasteiger partial charge on any atom is -0.330 e. The highest BCUT2D eigenvalue weighted by molar-refractivity contribution is 7.09. The standard InChI is InChI=1S/C15H20N2S/c1-3-11(2)12-4-6-13(7-5-12)14-10-18-15(17-14)8-9-16/h4-7,10-11H,3,8-9,16H2,1-2H3. The molecule has 18 heavy (non-hydrogen) atoms. The fourth-order valence-corrected chi connectivity index (χ4v) is 2.72. The number of hydrogen-bond acceptors (Lipinski definition) is 3. The van der Waals surface area contributed by atoms with Crippen molar-refractivity contribution < 1.29 is 0 Å². The zero-order valence-electron chi connectivity index (χ0n) is 11.0. The zero-order valence-corrected chi connectivity index (χ0v) is 11.8. The third-order valence-corrected chi connectivity index (χ3v) is 4.21. The maximum Gasteiger partial charge on any atom is 0.0945 e. The van der Waals surface area contributed by atoms with Gasteiger partial charge in [-0.3, -0.25) is 0 Å². The Balaban J connectivity index is 2.17. The number of benzene rings is 1. The van der Waals surface area contributed by atoms with Crippen molar-refractivity contribution in [2.24, 2.45) is 5.73 Å². The third kappa shape index (κ3) is 2.98. The highest BCUT2D eigenvalue weighted by Crippen LogP contribution is 2.25. The van der Waals surface area contributed by atoms with Gasteiger partial charge in [-0.2, -0.15) is 0 Å². The lowest BCUT2D eigenvalue weighted by molar-refractivity contribution is 0.734. The summed E-state index contributed by atoms with van der Waals surface area (Å²) in [5, 5.41) is 3.24. The van der Waals surface area contributed by atoms with E-state index < -0.39 is 0 Å². The largest absolute Gasteiger partial charge is 0.330 e. The molecule has 0 saturated carbocycles. The normalized spacial score (nSPS) is 12.6. The fraction of sp³-hybridized carbons (Fsp3) is 0.400. The average molecular weight is 260 g/mol. The summed E-state index contributed by atoms with van der Waals surface area (Å²) < 4.78 is 0. The van der Waals surface area contributed by atoms with E-state index >= 15 is 0 Å². The van der Waals surface area contributed by atoms with Crippen molar-refractivity contribution in [2.45, 2.75) is 32.6 Å². The average Bonchev–Trinajstić information content (AvgIpc) is 2.87. The highest BCUT2D eigenvalue weighted by Gasteiger charge is 2.06. The van der Waals surface area contributed by atoms with Crippen molar-refractivity contribution in [3.63, 3.8) is 0 Å². The first-order valence-corrected chi connectivity index (χ1v) is 7.37. The summed E-state index contributed by atoms with van der Waals surface area (Å²) in [4.78, 5) is 4.60. The number of nitrogens with two attached hydrogens (primary N) is 1. The van der Waals surface area contributed by atoms with Gasteiger partial charge in [0.05, 0.1) is 10.7 Å². The molecule has 2 N–H and O–H groups in total. The highest BCUT2D eigenvalue weighted by atomic mass is 32.1. The van der Waals surface area contributed by atoms with Crippen LogP contribution >= 0.6 is 11.3 Å². The molecule has 0 bridgehead atoms. The second-order valence-electron chi connectivity index (χ2n) is 4.60. The molecule has 0 fully saturated rings. The van der Waals surface area contributed by atoms with E-state index in [0.29, 0.717) is 12.5 Å². The second kappa shape index (κ2) is 6.12. The van der Waals surface area contributed by atoms with E-state index in [-0.39, 0.29) is 0 Å². The summed E-state index contributed by atoms with van der Waals surface area (Å²) in [5.41, 5.74) is 9.21. The van der Waals surface area contributed by atoms with Crippen LogP contribution in [0.25, 0.3) is 11.3 Å². The summed E-state index contributed by atoms with van der Waals surface area (Å²) in [6.07, 6.45) is 2.05. The predicted octanol–water partition coefficient (Wildman–Crippen LogP) is 3.82. The van der Waals surface area contributed by atoms with E-state index in [1.807, 2.05) is 0 Å². The maximum atomic E-state index is 5.54. The molecule has 0 radical (unpaired) electrons. The minimum absolute atomic E-state index is 0.627. The molecule has 1 aromatic carbocycles. The molecule has 0 amide bonds. The fourth-order valence-electron chi connectivity index (χ4n) is 1.90. The molecule has 1 atom stereocenters. The van der Waals surface area contributed by atoms with Crippen LogP contribution in [-0.2, 0) is 6.42 Å². The molecule has 3 heteroatoms. The Hall–Kier alpha value is -1.19. The van der Waals surface area contributed by atoms with Gasteiger partial charge in [-0.1, -0.05) is 38.1 Å². The van der Waals surface area contributed by atoms with Crippen molar-refractivity contribution in [1.82, 2.24) is 4.98 Å². The molecule has 0 aliphatic rings. The Morgan fingerprint density at radius 2 is 2.00 bits per heavy atom. The van der Waals surface area contributed by atoms with E-state index in [0.717, 1.165) is 17.1 Å². The number of rotatable bonds is 5. The topological polar surface area (TPSA) is 38.9 Å². The Morgan fingerprint density at radius 3 is 2.61 bits per heavy atom. The van der Waals surface area contributed by atoms with Crippen LogP contribution in [0.4, 0.5) is 0 Å². The molecule has 1 unspecified atom stereocenters. The molecule has 96 valence electrons. The van der Waals surface area contributed by atoms with Crippen LogP contribution in [0.5, 0.6) is 0 Å². The summed E-state index contributed by atoms with van der Waals surface area (Å²) >= 11 is 1.69. The van der Waals surface area contributed by atoms with E-state index in [9.17, 15) is 0 Å². The smallest absolute Gasteiger partial charge is 0.0945 e. The van der Waals surface area contributed by atoms with Crippen molar-refractivity contribution in [3.8, 4) is 11.3 Å². The summed E-state index contributed by atoms with van der Waals surface area (Å²) in [6.45, 7) is 5.15. The first kappa shape index (κ1) is 13.2. The molecule has 0 spiro atoms. The lowest BCUT2D eigenvalue weighted by Gasteiger charge is -2.08. The van der Waals surface area contributed by atoms with Crippen LogP contribution in [0.2, 0.25) is 0 Å². The Bertz CT molecular complexity index is 487. The molecule has 2 aromatic rings. The summed E-state index contributed by atoms with van der Waals surface area (Å²) in [6, 6.07) is 8.77. The SMILES string of the molecule is CCC(C)c1ccc(-c2csc(CCN)n2)cc1. The Kier molecular flexibility index (Phi) is 4.50. The van der Waals surface area contributed by atoms with Crippen molar-refractivity contribution in [3.05, 3.63) is 40.2 Å². The van der Waals surface area contributed by atoms with E-state index in [2.05, 4.69) is 48.5 Å². The van der Waals surface area contributed by atoms with Crippen LogP contribution in [0.3, 0.4) is 0 Å². The molecule has 0 aliphatic heterocycles. The van der Waals surface area contributed by atoms with Gasteiger partial charge >= 0.3 is 0 Å². The molecule has 0 saturated heterocycles. The molecular weight excluding hydrogens is 240 g/mol. The predicted molar refractivity (Wildman–Crippen MR) is 79.0 cm³/mol. The number of aromatic nitrogens is 1. The first-order valence-electron chi connectivity index (χ1n) is 6.49. The number of hydrogen-bond donors (Lipinski definition) is 1. The van der Waals surface area contributed by atoms with E-state index in [4.69, 9.17) is 5.73 Å². The van der Waals surface area contributed by atoms with Crippen LogP contribution in [0, 0.1) is 0 Å². The first-order chi connectivity index (χ1) is 8.74. The van der Waals surface area contributed by atoms with Gasteiger partial charge < -0.3 is 5.73 Å². The van der Waals surface area contributed by atoms with Gasteiger partial charge in [0.1, 0.15) is 0 Å². The zero-order chi connectivity index (χ0) is 13.0. The van der Waals surface area contributed by atoms with Crippen LogP contribution in [0.1, 0.15) is 36.8 Å². The van der Waals surface area contributed by atoms with Crippen molar-refractivity contribution in [2.75, 3.05) is 6.54 Å². The van der Waals surface area contributed by atoms with Crippen molar-refractivity contribution in [1.29, 1.82) is 0 Å². The van der Waals surface area contributed by atoms with E-state index in [1.165, 1.54) is 17.5 Å².